The van der Waals surface area contributed by atoms with Crippen LogP contribution in [-0.2, 0) is 17.4 Å². The molecule has 0 aliphatic rings. The van der Waals surface area contributed by atoms with Gasteiger partial charge in [0.05, 0.1) is 18.2 Å². The SMILES string of the molecule is O=C(Cc1ccccc1)NN=Cc1ccc(-c2cccc(C(F)(F)F)c2)o1. The minimum absolute atomic E-state index is 0.186. The third-order valence-electron chi connectivity index (χ3n) is 3.69. The minimum atomic E-state index is -4.42. The van der Waals surface area contributed by atoms with Gasteiger partial charge in [0.1, 0.15) is 11.5 Å². The van der Waals surface area contributed by atoms with E-state index in [4.69, 9.17) is 4.42 Å². The van der Waals surface area contributed by atoms with E-state index < -0.39 is 11.7 Å². The largest absolute Gasteiger partial charge is 0.455 e. The van der Waals surface area contributed by atoms with Gasteiger partial charge in [0.15, 0.2) is 0 Å². The molecule has 0 unspecified atom stereocenters. The Bertz CT molecular complexity index is 947. The summed E-state index contributed by atoms with van der Waals surface area (Å²) >= 11 is 0. The molecule has 7 heteroatoms. The number of hydrazone groups is 1. The van der Waals surface area contributed by atoms with E-state index in [9.17, 15) is 18.0 Å². The van der Waals surface area contributed by atoms with Crippen LogP contribution in [0.5, 0.6) is 0 Å². The van der Waals surface area contributed by atoms with Crippen LogP contribution in [0.4, 0.5) is 13.2 Å². The van der Waals surface area contributed by atoms with Crippen LogP contribution in [0.15, 0.2) is 76.2 Å². The molecule has 1 heterocycles. The summed E-state index contributed by atoms with van der Waals surface area (Å²) in [5.74, 6) is 0.294. The predicted molar refractivity (Wildman–Crippen MR) is 95.0 cm³/mol. The van der Waals surface area contributed by atoms with Crippen LogP contribution >= 0.6 is 0 Å². The summed E-state index contributed by atoms with van der Waals surface area (Å²) in [6.45, 7) is 0. The van der Waals surface area contributed by atoms with Crippen molar-refractivity contribution in [1.29, 1.82) is 0 Å². The van der Waals surface area contributed by atoms with E-state index in [2.05, 4.69) is 10.5 Å². The average molecular weight is 372 g/mol. The maximum atomic E-state index is 12.8. The third kappa shape index (κ3) is 5.07. The molecule has 2 aromatic carbocycles. The van der Waals surface area contributed by atoms with Gasteiger partial charge in [0, 0.05) is 5.56 Å². The van der Waals surface area contributed by atoms with Gasteiger partial charge in [-0.1, -0.05) is 42.5 Å². The lowest BCUT2D eigenvalue weighted by molar-refractivity contribution is -0.137. The number of alkyl halides is 3. The van der Waals surface area contributed by atoms with E-state index in [0.717, 1.165) is 17.7 Å². The molecule has 1 N–H and O–H groups in total. The van der Waals surface area contributed by atoms with Crippen molar-refractivity contribution in [2.45, 2.75) is 12.6 Å². The van der Waals surface area contributed by atoms with E-state index in [-0.39, 0.29) is 18.1 Å². The molecule has 138 valence electrons. The number of halogens is 3. The van der Waals surface area contributed by atoms with Crippen molar-refractivity contribution in [2.24, 2.45) is 5.10 Å². The smallest absolute Gasteiger partial charge is 0.416 e. The molecule has 0 aliphatic carbocycles. The van der Waals surface area contributed by atoms with Gasteiger partial charge in [-0.2, -0.15) is 18.3 Å². The number of furan rings is 1. The molecule has 0 fully saturated rings. The maximum absolute atomic E-state index is 12.8. The molecule has 1 amide bonds. The van der Waals surface area contributed by atoms with Crippen LogP contribution in [0.2, 0.25) is 0 Å². The summed E-state index contributed by atoms with van der Waals surface area (Å²) in [6, 6.07) is 17.2. The third-order valence-corrected chi connectivity index (χ3v) is 3.69. The fourth-order valence-electron chi connectivity index (χ4n) is 2.41. The topological polar surface area (TPSA) is 54.6 Å². The number of nitrogens with one attached hydrogen (secondary N) is 1. The van der Waals surface area contributed by atoms with Crippen LogP contribution in [-0.4, -0.2) is 12.1 Å². The Kier molecular flexibility index (Phi) is 5.40. The quantitative estimate of drug-likeness (QED) is 0.523. The molecule has 3 rings (SSSR count). The Labute approximate surface area is 153 Å². The molecule has 0 bridgehead atoms. The first kappa shape index (κ1) is 18.4. The molecule has 0 spiro atoms. The van der Waals surface area contributed by atoms with Gasteiger partial charge in [-0.05, 0) is 29.8 Å². The first-order chi connectivity index (χ1) is 12.9. The maximum Gasteiger partial charge on any atom is 0.416 e. The standard InChI is InChI=1S/C20H15F3N2O2/c21-20(22,23)16-8-4-7-15(12-16)18-10-9-17(27-18)13-24-25-19(26)11-14-5-2-1-3-6-14/h1-10,12-13H,11H2,(H,25,26). The molecule has 4 nitrogen and oxygen atoms in total. The van der Waals surface area contributed by atoms with Gasteiger partial charge < -0.3 is 4.42 Å². The van der Waals surface area contributed by atoms with Crippen LogP contribution in [0, 0.1) is 0 Å². The van der Waals surface area contributed by atoms with E-state index in [1.165, 1.54) is 18.3 Å². The second-order valence-electron chi connectivity index (χ2n) is 5.74. The minimum Gasteiger partial charge on any atom is -0.455 e. The van der Waals surface area contributed by atoms with Crippen molar-refractivity contribution in [1.82, 2.24) is 5.43 Å². The van der Waals surface area contributed by atoms with Gasteiger partial charge >= 0.3 is 6.18 Å². The molecular formula is C20H15F3N2O2. The second kappa shape index (κ2) is 7.90. The summed E-state index contributed by atoms with van der Waals surface area (Å²) in [6.07, 6.45) is -2.94. The Hall–Kier alpha value is -3.35. The number of carbonyl (C=O) groups is 1. The van der Waals surface area contributed by atoms with Crippen LogP contribution in [0.3, 0.4) is 0 Å². The first-order valence-electron chi connectivity index (χ1n) is 8.05. The number of carbonyl (C=O) groups excluding carboxylic acids is 1. The number of amides is 1. The summed E-state index contributed by atoms with van der Waals surface area (Å²) in [4.78, 5) is 11.8. The highest BCUT2D eigenvalue weighted by atomic mass is 19.4. The number of hydrogen-bond acceptors (Lipinski definition) is 3. The summed E-state index contributed by atoms with van der Waals surface area (Å²) in [5.41, 5.74) is 2.79. The summed E-state index contributed by atoms with van der Waals surface area (Å²) in [5, 5.41) is 3.80. The Morgan fingerprint density at radius 1 is 1.04 bits per heavy atom. The zero-order valence-corrected chi connectivity index (χ0v) is 14.0. The summed E-state index contributed by atoms with van der Waals surface area (Å²) in [7, 11) is 0. The molecule has 27 heavy (non-hydrogen) atoms. The number of nitrogens with zero attached hydrogens (tertiary/aromatic N) is 1. The molecule has 3 aromatic rings. The van der Waals surface area contributed by atoms with Gasteiger partial charge in [-0.15, -0.1) is 0 Å². The summed E-state index contributed by atoms with van der Waals surface area (Å²) < 4.78 is 43.9. The van der Waals surface area contributed by atoms with E-state index in [1.54, 1.807) is 12.1 Å². The fraction of sp³-hybridized carbons (Fsp3) is 0.100. The van der Waals surface area contributed by atoms with E-state index >= 15 is 0 Å². The molecule has 0 saturated heterocycles. The van der Waals surface area contributed by atoms with Crippen LogP contribution < -0.4 is 5.43 Å². The lowest BCUT2D eigenvalue weighted by Gasteiger charge is -2.07. The highest BCUT2D eigenvalue weighted by Crippen LogP contribution is 2.32. The Morgan fingerprint density at radius 3 is 2.56 bits per heavy atom. The highest BCUT2D eigenvalue weighted by molar-refractivity contribution is 5.82. The van der Waals surface area contributed by atoms with Crippen molar-refractivity contribution in [3.05, 3.63) is 83.6 Å². The lowest BCUT2D eigenvalue weighted by atomic mass is 10.1. The van der Waals surface area contributed by atoms with Crippen LogP contribution in [0.25, 0.3) is 11.3 Å². The van der Waals surface area contributed by atoms with Crippen molar-refractivity contribution in [2.75, 3.05) is 0 Å². The number of benzene rings is 2. The lowest BCUT2D eigenvalue weighted by Crippen LogP contribution is -2.19. The number of rotatable bonds is 5. The van der Waals surface area contributed by atoms with E-state index in [0.29, 0.717) is 11.3 Å². The molecule has 0 radical (unpaired) electrons. The van der Waals surface area contributed by atoms with Crippen LogP contribution in [0.1, 0.15) is 16.9 Å². The van der Waals surface area contributed by atoms with Crippen molar-refractivity contribution >= 4 is 12.1 Å². The predicted octanol–water partition coefficient (Wildman–Crippen LogP) is 4.66. The van der Waals surface area contributed by atoms with Gasteiger partial charge in [-0.25, -0.2) is 5.43 Å². The fourth-order valence-corrected chi connectivity index (χ4v) is 2.41. The number of hydrogen-bond donors (Lipinski definition) is 1. The first-order valence-corrected chi connectivity index (χ1v) is 8.05. The van der Waals surface area contributed by atoms with Gasteiger partial charge in [0.25, 0.3) is 0 Å². The average Bonchev–Trinajstić information content (AvgIpc) is 3.11. The highest BCUT2D eigenvalue weighted by Gasteiger charge is 2.30. The Morgan fingerprint density at radius 2 is 1.81 bits per heavy atom. The van der Waals surface area contributed by atoms with Gasteiger partial charge in [0.2, 0.25) is 5.91 Å². The van der Waals surface area contributed by atoms with E-state index in [1.807, 2.05) is 30.3 Å². The zero-order chi connectivity index (χ0) is 19.3. The zero-order valence-electron chi connectivity index (χ0n) is 14.0. The molecule has 0 aliphatic heterocycles. The monoisotopic (exact) mass is 372 g/mol. The molecular weight excluding hydrogens is 357 g/mol. The Balaban J connectivity index is 1.62. The van der Waals surface area contributed by atoms with Crippen molar-refractivity contribution < 1.29 is 22.4 Å². The van der Waals surface area contributed by atoms with Gasteiger partial charge in [-0.3, -0.25) is 4.79 Å². The second-order valence-corrected chi connectivity index (χ2v) is 5.74. The molecule has 0 saturated carbocycles. The van der Waals surface area contributed by atoms with Crippen molar-refractivity contribution in [3.8, 4) is 11.3 Å². The molecule has 0 atom stereocenters. The molecule has 1 aromatic heterocycles. The normalized spacial score (nSPS) is 11.7. The van der Waals surface area contributed by atoms with Crippen molar-refractivity contribution in [3.63, 3.8) is 0 Å².